The number of halogens is 1. The highest BCUT2D eigenvalue weighted by Crippen LogP contribution is 2.46. The number of hydrogen-bond acceptors (Lipinski definition) is 6. The van der Waals surface area contributed by atoms with Crippen LogP contribution in [-0.2, 0) is 0 Å². The Morgan fingerprint density at radius 3 is 2.66 bits per heavy atom. The lowest BCUT2D eigenvalue weighted by Crippen LogP contribution is -2.47. The molecule has 2 atom stereocenters. The van der Waals surface area contributed by atoms with Gasteiger partial charge in [0.25, 0.3) is 0 Å². The van der Waals surface area contributed by atoms with Crippen LogP contribution in [0.1, 0.15) is 32.6 Å². The molecule has 35 heavy (non-hydrogen) atoms. The Bertz CT molecular complexity index is 1520. The summed E-state index contributed by atoms with van der Waals surface area (Å²) >= 11 is 1.55. The van der Waals surface area contributed by atoms with Gasteiger partial charge in [-0.25, -0.2) is 19.3 Å². The van der Waals surface area contributed by atoms with Crippen molar-refractivity contribution in [1.82, 2.24) is 24.9 Å². The van der Waals surface area contributed by atoms with Crippen LogP contribution in [0.15, 0.2) is 48.9 Å². The van der Waals surface area contributed by atoms with Crippen LogP contribution in [0.4, 0.5) is 10.2 Å². The van der Waals surface area contributed by atoms with E-state index in [1.54, 1.807) is 23.7 Å². The zero-order valence-electron chi connectivity index (χ0n) is 19.3. The first-order valence-electron chi connectivity index (χ1n) is 12.3. The minimum Gasteiger partial charge on any atom is -0.364 e. The molecule has 176 valence electrons. The third-order valence-electron chi connectivity index (χ3n) is 8.00. The van der Waals surface area contributed by atoms with Crippen LogP contribution < -0.4 is 5.32 Å². The van der Waals surface area contributed by atoms with Gasteiger partial charge in [0.1, 0.15) is 11.2 Å². The maximum Gasteiger partial charge on any atom is 0.192 e. The molecule has 5 aromatic rings. The first kappa shape index (κ1) is 20.9. The molecular weight excluding hydrogens is 459 g/mol. The Morgan fingerprint density at radius 1 is 1.03 bits per heavy atom. The molecule has 0 spiro atoms. The number of aromatic amines is 1. The molecule has 3 saturated carbocycles. The van der Waals surface area contributed by atoms with Gasteiger partial charge in [-0.15, -0.1) is 11.3 Å². The SMILES string of the molecule is C[C@H]1C2CCC(CC2)[C@@H]1Nc1nc(-c2c[nH]c3nccnc23)nc(-c2cc3ccccc3s2)c1F. The van der Waals surface area contributed by atoms with E-state index in [1.807, 2.05) is 30.5 Å². The van der Waals surface area contributed by atoms with E-state index < -0.39 is 0 Å². The lowest BCUT2D eigenvalue weighted by molar-refractivity contribution is 0.0926. The van der Waals surface area contributed by atoms with Gasteiger partial charge in [-0.1, -0.05) is 25.1 Å². The molecule has 4 heterocycles. The third kappa shape index (κ3) is 3.42. The normalized spacial score (nSPS) is 23.8. The number of hydrogen-bond donors (Lipinski definition) is 2. The second-order valence-electron chi connectivity index (χ2n) is 9.87. The molecule has 0 saturated heterocycles. The fourth-order valence-electron chi connectivity index (χ4n) is 6.10. The molecule has 2 N–H and O–H groups in total. The van der Waals surface area contributed by atoms with Crippen LogP contribution in [0.2, 0.25) is 0 Å². The number of nitrogens with one attached hydrogen (secondary N) is 2. The summed E-state index contributed by atoms with van der Waals surface area (Å²) < 4.78 is 17.2. The average Bonchev–Trinajstić information content (AvgIpc) is 3.52. The van der Waals surface area contributed by atoms with Crippen molar-refractivity contribution in [2.24, 2.45) is 17.8 Å². The van der Waals surface area contributed by atoms with Crippen LogP contribution in [0.25, 0.3) is 43.2 Å². The maximum absolute atomic E-state index is 16.1. The smallest absolute Gasteiger partial charge is 0.192 e. The highest BCUT2D eigenvalue weighted by molar-refractivity contribution is 7.22. The summed E-state index contributed by atoms with van der Waals surface area (Å²) in [7, 11) is 0. The maximum atomic E-state index is 16.1. The summed E-state index contributed by atoms with van der Waals surface area (Å²) in [6.45, 7) is 2.30. The largest absolute Gasteiger partial charge is 0.364 e. The summed E-state index contributed by atoms with van der Waals surface area (Å²) in [4.78, 5) is 22.2. The number of benzene rings is 1. The van der Waals surface area contributed by atoms with Crippen LogP contribution in [0, 0.1) is 23.6 Å². The first-order valence-corrected chi connectivity index (χ1v) is 13.1. The number of rotatable bonds is 4. The molecule has 3 aliphatic rings. The molecule has 0 unspecified atom stereocenters. The summed E-state index contributed by atoms with van der Waals surface area (Å²) in [5.74, 6) is 2.09. The number of nitrogens with zero attached hydrogens (tertiary/aromatic N) is 4. The van der Waals surface area contributed by atoms with Crippen molar-refractivity contribution in [1.29, 1.82) is 0 Å². The van der Waals surface area contributed by atoms with E-state index in [-0.39, 0.29) is 17.7 Å². The van der Waals surface area contributed by atoms with Crippen LogP contribution in [-0.4, -0.2) is 31.0 Å². The molecule has 0 amide bonds. The predicted molar refractivity (Wildman–Crippen MR) is 138 cm³/mol. The Morgan fingerprint density at radius 2 is 1.83 bits per heavy atom. The van der Waals surface area contributed by atoms with Gasteiger partial charge in [-0.3, -0.25) is 4.98 Å². The number of aromatic nitrogens is 5. The van der Waals surface area contributed by atoms with E-state index in [2.05, 4.69) is 33.3 Å². The standard InChI is InChI=1S/C27H25FN6S/c1-14-15-6-8-16(9-7-15)22(14)32-26-21(28)24(20-12-17-4-2-3-5-19(17)35-20)33-25(34-26)18-13-31-27-23(18)29-10-11-30-27/h2-5,10-16,22H,6-9H2,1H3,(H,30,31)(H,32,33,34)/t14-,15?,16?,22+/m0/s1. The van der Waals surface area contributed by atoms with Crippen LogP contribution >= 0.6 is 11.3 Å². The van der Waals surface area contributed by atoms with E-state index in [4.69, 9.17) is 9.97 Å². The van der Waals surface area contributed by atoms with E-state index in [1.165, 1.54) is 25.7 Å². The quantitative estimate of drug-likeness (QED) is 0.298. The van der Waals surface area contributed by atoms with Crippen molar-refractivity contribution in [3.8, 4) is 22.0 Å². The Labute approximate surface area is 206 Å². The highest BCUT2D eigenvalue weighted by atomic mass is 32.1. The fraction of sp³-hybridized carbons (Fsp3) is 0.333. The molecule has 3 fully saturated rings. The Kier molecular flexibility index (Phi) is 4.84. The van der Waals surface area contributed by atoms with Crippen molar-refractivity contribution >= 4 is 38.4 Å². The zero-order chi connectivity index (χ0) is 23.5. The van der Waals surface area contributed by atoms with Gasteiger partial charge in [-0.2, -0.15) is 0 Å². The van der Waals surface area contributed by atoms with E-state index in [0.29, 0.717) is 40.4 Å². The van der Waals surface area contributed by atoms with Crippen LogP contribution in [0.3, 0.4) is 0 Å². The summed E-state index contributed by atoms with van der Waals surface area (Å²) in [6, 6.07) is 10.3. The molecule has 4 aromatic heterocycles. The predicted octanol–water partition coefficient (Wildman–Crippen LogP) is 6.67. The minimum absolute atomic E-state index is 0.220. The fourth-order valence-corrected chi connectivity index (χ4v) is 7.15. The molecule has 6 nitrogen and oxygen atoms in total. The van der Waals surface area contributed by atoms with E-state index >= 15 is 4.39 Å². The van der Waals surface area contributed by atoms with Gasteiger partial charge in [0, 0.05) is 29.3 Å². The van der Waals surface area contributed by atoms with Crippen molar-refractivity contribution in [2.45, 2.75) is 38.6 Å². The van der Waals surface area contributed by atoms with Gasteiger partial charge < -0.3 is 10.3 Å². The molecular formula is C27H25FN6S. The number of thiophene rings is 1. The van der Waals surface area contributed by atoms with E-state index in [9.17, 15) is 0 Å². The van der Waals surface area contributed by atoms with Gasteiger partial charge in [0.15, 0.2) is 23.1 Å². The molecule has 8 rings (SSSR count). The number of anilines is 1. The van der Waals surface area contributed by atoms with Gasteiger partial charge in [-0.05, 0) is 61.0 Å². The lowest BCUT2D eigenvalue weighted by Gasteiger charge is -2.47. The third-order valence-corrected chi connectivity index (χ3v) is 9.12. The van der Waals surface area contributed by atoms with Gasteiger partial charge >= 0.3 is 0 Å². The van der Waals surface area contributed by atoms with Crippen molar-refractivity contribution in [3.63, 3.8) is 0 Å². The monoisotopic (exact) mass is 484 g/mol. The minimum atomic E-state index is -0.389. The van der Waals surface area contributed by atoms with E-state index in [0.717, 1.165) is 20.5 Å². The average molecular weight is 485 g/mol. The number of H-pyrrole nitrogens is 1. The number of fused-ring (bicyclic) bond motifs is 5. The highest BCUT2D eigenvalue weighted by Gasteiger charge is 2.41. The Balaban J connectivity index is 1.39. The van der Waals surface area contributed by atoms with Crippen molar-refractivity contribution in [2.75, 3.05) is 5.32 Å². The topological polar surface area (TPSA) is 79.4 Å². The van der Waals surface area contributed by atoms with Crippen molar-refractivity contribution < 1.29 is 4.39 Å². The molecule has 3 aliphatic carbocycles. The van der Waals surface area contributed by atoms with Crippen LogP contribution in [0.5, 0.6) is 0 Å². The summed E-state index contributed by atoms with van der Waals surface area (Å²) in [5.41, 5.74) is 2.38. The first-order chi connectivity index (χ1) is 17.2. The van der Waals surface area contributed by atoms with Gasteiger partial charge in [0.2, 0.25) is 0 Å². The summed E-state index contributed by atoms with van der Waals surface area (Å²) in [5, 5.41) is 4.64. The Hall–Kier alpha value is -3.39. The molecule has 8 heteroatoms. The zero-order valence-corrected chi connectivity index (χ0v) is 20.1. The molecule has 1 aromatic carbocycles. The second kappa shape index (κ2) is 8.09. The summed E-state index contributed by atoms with van der Waals surface area (Å²) in [6.07, 6.45) is 10.1. The van der Waals surface area contributed by atoms with Gasteiger partial charge in [0.05, 0.1) is 10.4 Å². The van der Waals surface area contributed by atoms with Crippen molar-refractivity contribution in [3.05, 3.63) is 54.7 Å². The molecule has 0 radical (unpaired) electrons. The lowest BCUT2D eigenvalue weighted by atomic mass is 9.62. The molecule has 0 aliphatic heterocycles. The molecule has 2 bridgehead atoms. The second-order valence-corrected chi connectivity index (χ2v) is 11.0.